The highest BCUT2D eigenvalue weighted by Gasteiger charge is 2.12. The predicted molar refractivity (Wildman–Crippen MR) is 100.0 cm³/mol. The van der Waals surface area contributed by atoms with Crippen LogP contribution in [0.15, 0.2) is 47.4 Å². The average molecular weight is 362 g/mol. The molecule has 0 bridgehead atoms. The Hall–Kier alpha value is -1.73. The zero-order chi connectivity index (χ0) is 18.3. The van der Waals surface area contributed by atoms with Crippen LogP contribution in [0.1, 0.15) is 22.3 Å². The Morgan fingerprint density at radius 3 is 2.40 bits per heavy atom. The Balaban J connectivity index is 1.91. The maximum absolute atomic E-state index is 12.1. The molecule has 0 amide bonds. The standard InChI is InChI=1S/C19H26N2O3S/c1-15-5-4-6-18(16(15)2)14-20-13-17-7-9-19(10-8-17)25(22,23)21-11-12-24-3/h4-10,20-21H,11-14H2,1-3H3. The van der Waals surface area contributed by atoms with E-state index in [1.165, 1.54) is 23.8 Å². The summed E-state index contributed by atoms with van der Waals surface area (Å²) in [6, 6.07) is 13.2. The van der Waals surface area contributed by atoms with Crippen molar-refractivity contribution < 1.29 is 13.2 Å². The second-order valence-electron chi connectivity index (χ2n) is 6.00. The summed E-state index contributed by atoms with van der Waals surface area (Å²) in [5, 5.41) is 3.40. The van der Waals surface area contributed by atoms with E-state index in [2.05, 4.69) is 42.1 Å². The normalized spacial score (nSPS) is 11.6. The number of benzene rings is 2. The van der Waals surface area contributed by atoms with Gasteiger partial charge in [-0.2, -0.15) is 0 Å². The van der Waals surface area contributed by atoms with E-state index < -0.39 is 10.0 Å². The van der Waals surface area contributed by atoms with Crippen LogP contribution < -0.4 is 10.0 Å². The van der Waals surface area contributed by atoms with Crippen LogP contribution in [0.25, 0.3) is 0 Å². The Kier molecular flexibility index (Phi) is 7.13. The summed E-state index contributed by atoms with van der Waals surface area (Å²) in [5.74, 6) is 0. The number of hydrogen-bond donors (Lipinski definition) is 2. The molecule has 0 saturated carbocycles. The van der Waals surface area contributed by atoms with Gasteiger partial charge in [0, 0.05) is 26.7 Å². The fourth-order valence-electron chi connectivity index (χ4n) is 2.49. The van der Waals surface area contributed by atoms with Crippen molar-refractivity contribution in [2.45, 2.75) is 31.8 Å². The number of hydrogen-bond acceptors (Lipinski definition) is 4. The van der Waals surface area contributed by atoms with Gasteiger partial charge in [-0.15, -0.1) is 0 Å². The minimum Gasteiger partial charge on any atom is -0.383 e. The van der Waals surface area contributed by atoms with Crippen LogP contribution in [0.4, 0.5) is 0 Å². The highest BCUT2D eigenvalue weighted by atomic mass is 32.2. The molecule has 2 aromatic carbocycles. The second-order valence-corrected chi connectivity index (χ2v) is 7.76. The van der Waals surface area contributed by atoms with Gasteiger partial charge in [0.25, 0.3) is 0 Å². The molecule has 0 aliphatic rings. The van der Waals surface area contributed by atoms with Crippen LogP contribution in [0.2, 0.25) is 0 Å². The number of rotatable bonds is 9. The lowest BCUT2D eigenvalue weighted by Crippen LogP contribution is -2.27. The molecule has 0 radical (unpaired) electrons. The Bertz CT molecular complexity index is 787. The van der Waals surface area contributed by atoms with E-state index in [1.54, 1.807) is 12.1 Å². The maximum atomic E-state index is 12.1. The average Bonchev–Trinajstić information content (AvgIpc) is 2.59. The van der Waals surface area contributed by atoms with Crippen molar-refractivity contribution in [3.63, 3.8) is 0 Å². The first kappa shape index (κ1) is 19.6. The SMILES string of the molecule is COCCNS(=O)(=O)c1ccc(CNCc2cccc(C)c2C)cc1. The summed E-state index contributed by atoms with van der Waals surface area (Å²) in [4.78, 5) is 0.266. The first-order valence-electron chi connectivity index (χ1n) is 8.27. The molecular formula is C19H26N2O3S. The van der Waals surface area contributed by atoms with Crippen molar-refractivity contribution >= 4 is 10.0 Å². The van der Waals surface area contributed by atoms with Crippen molar-refractivity contribution in [1.29, 1.82) is 0 Å². The fourth-order valence-corrected chi connectivity index (χ4v) is 3.51. The molecule has 0 aromatic heterocycles. The third kappa shape index (κ3) is 5.64. The van der Waals surface area contributed by atoms with Crippen LogP contribution in [0.5, 0.6) is 0 Å². The van der Waals surface area contributed by atoms with Crippen LogP contribution in [0, 0.1) is 13.8 Å². The van der Waals surface area contributed by atoms with Crippen molar-refractivity contribution in [2.75, 3.05) is 20.3 Å². The first-order valence-corrected chi connectivity index (χ1v) is 9.75. The van der Waals surface area contributed by atoms with E-state index in [9.17, 15) is 8.42 Å². The summed E-state index contributed by atoms with van der Waals surface area (Å²) >= 11 is 0. The van der Waals surface area contributed by atoms with Crippen LogP contribution in [-0.4, -0.2) is 28.7 Å². The number of methoxy groups -OCH3 is 1. The zero-order valence-electron chi connectivity index (χ0n) is 15.0. The molecule has 0 fully saturated rings. The summed E-state index contributed by atoms with van der Waals surface area (Å²) in [6.45, 7) is 6.32. The Morgan fingerprint density at radius 2 is 1.72 bits per heavy atom. The summed E-state index contributed by atoms with van der Waals surface area (Å²) in [7, 11) is -1.94. The van der Waals surface area contributed by atoms with Gasteiger partial charge in [0.1, 0.15) is 0 Å². The van der Waals surface area contributed by atoms with Gasteiger partial charge in [-0.3, -0.25) is 0 Å². The van der Waals surface area contributed by atoms with E-state index in [-0.39, 0.29) is 11.4 Å². The van der Waals surface area contributed by atoms with Crippen LogP contribution in [0.3, 0.4) is 0 Å². The molecule has 25 heavy (non-hydrogen) atoms. The largest absolute Gasteiger partial charge is 0.383 e. The monoisotopic (exact) mass is 362 g/mol. The highest BCUT2D eigenvalue weighted by molar-refractivity contribution is 7.89. The van der Waals surface area contributed by atoms with Crippen molar-refractivity contribution in [3.8, 4) is 0 Å². The number of aryl methyl sites for hydroxylation is 1. The Labute approximate surface area is 150 Å². The molecule has 2 aromatic rings. The van der Waals surface area contributed by atoms with Gasteiger partial charge in [-0.25, -0.2) is 13.1 Å². The van der Waals surface area contributed by atoms with E-state index >= 15 is 0 Å². The summed E-state index contributed by atoms with van der Waals surface area (Å²) in [6.07, 6.45) is 0. The molecule has 0 aliphatic heterocycles. The van der Waals surface area contributed by atoms with Gasteiger partial charge in [0.15, 0.2) is 0 Å². The van der Waals surface area contributed by atoms with Crippen molar-refractivity contribution in [1.82, 2.24) is 10.0 Å². The lowest BCUT2D eigenvalue weighted by atomic mass is 10.0. The molecule has 6 heteroatoms. The molecule has 0 heterocycles. The zero-order valence-corrected chi connectivity index (χ0v) is 15.8. The van der Waals surface area contributed by atoms with E-state index in [0.717, 1.165) is 12.1 Å². The minimum absolute atomic E-state index is 0.262. The number of sulfonamides is 1. The Morgan fingerprint density at radius 1 is 1.00 bits per heavy atom. The van der Waals surface area contributed by atoms with Crippen LogP contribution >= 0.6 is 0 Å². The molecular weight excluding hydrogens is 336 g/mol. The summed E-state index contributed by atoms with van der Waals surface area (Å²) in [5.41, 5.74) is 4.91. The third-order valence-electron chi connectivity index (χ3n) is 4.19. The lowest BCUT2D eigenvalue weighted by molar-refractivity contribution is 0.204. The number of nitrogens with one attached hydrogen (secondary N) is 2. The molecule has 2 rings (SSSR count). The van der Waals surface area contributed by atoms with Gasteiger partial charge in [-0.1, -0.05) is 30.3 Å². The molecule has 0 atom stereocenters. The van der Waals surface area contributed by atoms with E-state index in [0.29, 0.717) is 13.2 Å². The molecule has 0 saturated heterocycles. The van der Waals surface area contributed by atoms with E-state index in [1.807, 2.05) is 12.1 Å². The van der Waals surface area contributed by atoms with Gasteiger partial charge in [0.2, 0.25) is 10.0 Å². The molecule has 2 N–H and O–H groups in total. The fraction of sp³-hybridized carbons (Fsp3) is 0.368. The van der Waals surface area contributed by atoms with Crippen molar-refractivity contribution in [2.24, 2.45) is 0 Å². The predicted octanol–water partition coefficient (Wildman–Crippen LogP) is 2.52. The van der Waals surface area contributed by atoms with Gasteiger partial charge < -0.3 is 10.1 Å². The lowest BCUT2D eigenvalue weighted by Gasteiger charge is -2.11. The van der Waals surface area contributed by atoms with Gasteiger partial charge >= 0.3 is 0 Å². The quantitative estimate of drug-likeness (QED) is 0.673. The van der Waals surface area contributed by atoms with E-state index in [4.69, 9.17) is 4.74 Å². The smallest absolute Gasteiger partial charge is 0.240 e. The number of ether oxygens (including phenoxy) is 1. The summed E-state index contributed by atoms with van der Waals surface area (Å²) < 4.78 is 31.6. The maximum Gasteiger partial charge on any atom is 0.240 e. The molecule has 5 nitrogen and oxygen atoms in total. The molecule has 0 unspecified atom stereocenters. The van der Waals surface area contributed by atoms with Gasteiger partial charge in [-0.05, 0) is 48.2 Å². The van der Waals surface area contributed by atoms with Crippen LogP contribution in [-0.2, 0) is 27.8 Å². The molecule has 0 aliphatic carbocycles. The second kappa shape index (κ2) is 9.10. The topological polar surface area (TPSA) is 67.4 Å². The molecule has 136 valence electrons. The van der Waals surface area contributed by atoms with Gasteiger partial charge in [0.05, 0.1) is 11.5 Å². The highest BCUT2D eigenvalue weighted by Crippen LogP contribution is 2.13. The first-order chi connectivity index (χ1) is 11.9. The minimum atomic E-state index is -3.47. The third-order valence-corrected chi connectivity index (χ3v) is 5.67. The molecule has 0 spiro atoms. The van der Waals surface area contributed by atoms with Crippen molar-refractivity contribution in [3.05, 3.63) is 64.7 Å².